The van der Waals surface area contributed by atoms with Crippen LogP contribution in [0.3, 0.4) is 0 Å². The van der Waals surface area contributed by atoms with E-state index in [1.165, 1.54) is 5.56 Å². The minimum atomic E-state index is -0.110. The Morgan fingerprint density at radius 3 is 2.78 bits per heavy atom. The summed E-state index contributed by atoms with van der Waals surface area (Å²) in [7, 11) is 1.68. The molecule has 0 saturated heterocycles. The van der Waals surface area contributed by atoms with Crippen molar-refractivity contribution < 1.29 is 4.74 Å². The highest BCUT2D eigenvalue weighted by Crippen LogP contribution is 2.22. The van der Waals surface area contributed by atoms with Crippen LogP contribution in [0.4, 0.5) is 0 Å². The third kappa shape index (κ3) is 2.87. The Labute approximate surface area is 108 Å². The van der Waals surface area contributed by atoms with Crippen LogP contribution in [0.2, 0.25) is 0 Å². The average Bonchev–Trinajstić information content (AvgIpc) is 2.39. The first-order valence-corrected chi connectivity index (χ1v) is 6.00. The largest absolute Gasteiger partial charge is 0.496 e. The van der Waals surface area contributed by atoms with Crippen LogP contribution < -0.4 is 10.5 Å². The van der Waals surface area contributed by atoms with E-state index >= 15 is 0 Å². The van der Waals surface area contributed by atoms with Crippen molar-refractivity contribution in [3.8, 4) is 5.75 Å². The molecule has 0 radical (unpaired) electrons. The predicted octanol–water partition coefficient (Wildman–Crippen LogP) is 2.64. The molecular weight excluding hydrogens is 224 g/mol. The number of para-hydroxylation sites is 1. The quantitative estimate of drug-likeness (QED) is 0.896. The van der Waals surface area contributed by atoms with Crippen molar-refractivity contribution in [1.82, 2.24) is 4.98 Å². The molecule has 1 atom stereocenters. The molecule has 0 bridgehead atoms. The number of rotatable bonds is 4. The molecule has 2 rings (SSSR count). The number of pyridine rings is 1. The van der Waals surface area contributed by atoms with Gasteiger partial charge in [0.2, 0.25) is 0 Å². The zero-order valence-corrected chi connectivity index (χ0v) is 10.8. The second-order valence-corrected chi connectivity index (χ2v) is 4.38. The molecule has 1 aromatic carbocycles. The van der Waals surface area contributed by atoms with E-state index in [2.05, 4.69) is 4.98 Å². The van der Waals surface area contributed by atoms with Crippen molar-refractivity contribution in [2.75, 3.05) is 7.11 Å². The third-order valence-corrected chi connectivity index (χ3v) is 2.95. The van der Waals surface area contributed by atoms with E-state index in [1.807, 2.05) is 43.3 Å². The van der Waals surface area contributed by atoms with Crippen LogP contribution >= 0.6 is 0 Å². The standard InChI is InChI=1S/C15H18N2O/c1-11-7-8-17-14(9-11)13(16)10-12-5-3-4-6-15(12)18-2/h3-9,13H,10,16H2,1-2H3. The molecule has 0 amide bonds. The second kappa shape index (κ2) is 5.65. The molecule has 0 aliphatic heterocycles. The SMILES string of the molecule is COc1ccccc1CC(N)c1cc(C)ccn1. The molecule has 1 heterocycles. The molecule has 0 aliphatic rings. The zero-order chi connectivity index (χ0) is 13.0. The van der Waals surface area contributed by atoms with Crippen molar-refractivity contribution in [1.29, 1.82) is 0 Å². The summed E-state index contributed by atoms with van der Waals surface area (Å²) in [5.74, 6) is 0.876. The van der Waals surface area contributed by atoms with Gasteiger partial charge in [-0.3, -0.25) is 4.98 Å². The number of nitrogens with two attached hydrogens (primary N) is 1. The maximum Gasteiger partial charge on any atom is 0.122 e. The molecular formula is C15H18N2O. The molecule has 1 unspecified atom stereocenters. The summed E-state index contributed by atoms with van der Waals surface area (Å²) in [6.45, 7) is 2.04. The average molecular weight is 242 g/mol. The van der Waals surface area contributed by atoms with Gasteiger partial charge in [-0.2, -0.15) is 0 Å². The lowest BCUT2D eigenvalue weighted by Crippen LogP contribution is -2.15. The lowest BCUT2D eigenvalue weighted by molar-refractivity contribution is 0.408. The Balaban J connectivity index is 2.18. The van der Waals surface area contributed by atoms with Gasteiger partial charge in [0.1, 0.15) is 5.75 Å². The fourth-order valence-electron chi connectivity index (χ4n) is 1.98. The van der Waals surface area contributed by atoms with Crippen molar-refractivity contribution in [3.05, 3.63) is 59.4 Å². The molecule has 94 valence electrons. The summed E-state index contributed by atoms with van der Waals surface area (Å²) in [6, 6.07) is 11.8. The first kappa shape index (κ1) is 12.6. The van der Waals surface area contributed by atoms with Crippen molar-refractivity contribution in [3.63, 3.8) is 0 Å². The molecule has 0 spiro atoms. The Morgan fingerprint density at radius 2 is 2.06 bits per heavy atom. The van der Waals surface area contributed by atoms with Gasteiger partial charge in [-0.25, -0.2) is 0 Å². The topological polar surface area (TPSA) is 48.1 Å². The molecule has 18 heavy (non-hydrogen) atoms. The summed E-state index contributed by atoms with van der Waals surface area (Å²) in [6.07, 6.45) is 2.52. The molecule has 0 saturated carbocycles. The van der Waals surface area contributed by atoms with Gasteiger partial charge in [0, 0.05) is 6.20 Å². The number of hydrogen-bond donors (Lipinski definition) is 1. The highest BCUT2D eigenvalue weighted by atomic mass is 16.5. The van der Waals surface area contributed by atoms with Crippen LogP contribution in [0, 0.1) is 6.92 Å². The number of nitrogens with zero attached hydrogens (tertiary/aromatic N) is 1. The molecule has 0 aliphatic carbocycles. The van der Waals surface area contributed by atoms with Crippen LogP contribution in [-0.2, 0) is 6.42 Å². The maximum atomic E-state index is 6.20. The first-order chi connectivity index (χ1) is 8.70. The van der Waals surface area contributed by atoms with Gasteiger partial charge in [-0.05, 0) is 42.7 Å². The summed E-state index contributed by atoms with van der Waals surface area (Å²) < 4.78 is 5.33. The van der Waals surface area contributed by atoms with Gasteiger partial charge in [0.05, 0.1) is 18.8 Å². The minimum absolute atomic E-state index is 0.110. The van der Waals surface area contributed by atoms with E-state index in [0.29, 0.717) is 0 Å². The molecule has 0 fully saturated rings. The predicted molar refractivity (Wildman–Crippen MR) is 72.6 cm³/mol. The maximum absolute atomic E-state index is 6.20. The van der Waals surface area contributed by atoms with Crippen molar-refractivity contribution in [2.24, 2.45) is 5.73 Å². The smallest absolute Gasteiger partial charge is 0.122 e. The lowest BCUT2D eigenvalue weighted by Gasteiger charge is -2.14. The fraction of sp³-hybridized carbons (Fsp3) is 0.267. The van der Waals surface area contributed by atoms with Crippen LogP contribution in [0.25, 0.3) is 0 Å². The van der Waals surface area contributed by atoms with Crippen LogP contribution in [-0.4, -0.2) is 12.1 Å². The van der Waals surface area contributed by atoms with Gasteiger partial charge >= 0.3 is 0 Å². The van der Waals surface area contributed by atoms with E-state index in [-0.39, 0.29) is 6.04 Å². The Kier molecular flexibility index (Phi) is 3.95. The second-order valence-electron chi connectivity index (χ2n) is 4.38. The Hall–Kier alpha value is -1.87. The molecule has 3 nitrogen and oxygen atoms in total. The summed E-state index contributed by atoms with van der Waals surface area (Å²) >= 11 is 0. The van der Waals surface area contributed by atoms with Crippen molar-refractivity contribution in [2.45, 2.75) is 19.4 Å². The van der Waals surface area contributed by atoms with E-state index in [0.717, 1.165) is 23.4 Å². The van der Waals surface area contributed by atoms with Gasteiger partial charge in [0.25, 0.3) is 0 Å². The number of ether oxygens (including phenoxy) is 1. The Morgan fingerprint density at radius 1 is 1.28 bits per heavy atom. The highest BCUT2D eigenvalue weighted by Gasteiger charge is 2.11. The molecule has 1 aromatic heterocycles. The number of hydrogen-bond acceptors (Lipinski definition) is 3. The molecule has 3 heteroatoms. The van der Waals surface area contributed by atoms with Crippen LogP contribution in [0.15, 0.2) is 42.6 Å². The van der Waals surface area contributed by atoms with Crippen molar-refractivity contribution >= 4 is 0 Å². The first-order valence-electron chi connectivity index (χ1n) is 6.00. The van der Waals surface area contributed by atoms with Crippen LogP contribution in [0.5, 0.6) is 5.75 Å². The summed E-state index contributed by atoms with van der Waals surface area (Å²) in [5.41, 5.74) is 9.40. The van der Waals surface area contributed by atoms with E-state index < -0.39 is 0 Å². The van der Waals surface area contributed by atoms with Gasteiger partial charge in [0.15, 0.2) is 0 Å². The van der Waals surface area contributed by atoms with Crippen LogP contribution in [0.1, 0.15) is 22.9 Å². The fourth-order valence-corrected chi connectivity index (χ4v) is 1.98. The number of benzene rings is 1. The summed E-state index contributed by atoms with van der Waals surface area (Å²) in [5, 5.41) is 0. The van der Waals surface area contributed by atoms with Gasteiger partial charge in [-0.15, -0.1) is 0 Å². The molecule has 2 aromatic rings. The number of aromatic nitrogens is 1. The number of aryl methyl sites for hydroxylation is 1. The van der Waals surface area contributed by atoms with Gasteiger partial charge < -0.3 is 10.5 Å². The lowest BCUT2D eigenvalue weighted by atomic mass is 10.0. The number of methoxy groups -OCH3 is 1. The Bertz CT molecular complexity index is 525. The van der Waals surface area contributed by atoms with Gasteiger partial charge in [-0.1, -0.05) is 18.2 Å². The zero-order valence-electron chi connectivity index (χ0n) is 10.8. The minimum Gasteiger partial charge on any atom is -0.496 e. The van der Waals surface area contributed by atoms with E-state index in [9.17, 15) is 0 Å². The normalized spacial score (nSPS) is 12.2. The van der Waals surface area contributed by atoms with E-state index in [1.54, 1.807) is 13.3 Å². The monoisotopic (exact) mass is 242 g/mol. The molecule has 2 N–H and O–H groups in total. The van der Waals surface area contributed by atoms with E-state index in [4.69, 9.17) is 10.5 Å². The summed E-state index contributed by atoms with van der Waals surface area (Å²) in [4.78, 5) is 4.33. The highest BCUT2D eigenvalue weighted by molar-refractivity contribution is 5.34. The third-order valence-electron chi connectivity index (χ3n) is 2.95.